The molecule has 0 saturated heterocycles. The summed E-state index contributed by atoms with van der Waals surface area (Å²) in [6, 6.07) is 6.77. The topological polar surface area (TPSA) is 76.1 Å². The molecule has 0 atom stereocenters. The van der Waals surface area contributed by atoms with Gasteiger partial charge in [0.05, 0.1) is 13.5 Å². The van der Waals surface area contributed by atoms with Crippen LogP contribution in [0.5, 0.6) is 5.75 Å². The van der Waals surface area contributed by atoms with Gasteiger partial charge in [-0.2, -0.15) is 0 Å². The number of ether oxygens (including phenoxy) is 2. The molecule has 0 aliphatic heterocycles. The zero-order valence-corrected chi connectivity index (χ0v) is 12.8. The summed E-state index contributed by atoms with van der Waals surface area (Å²) < 4.78 is 10.4. The van der Waals surface area contributed by atoms with E-state index < -0.39 is 17.7 Å². The number of aliphatic carboxylic acids is 1. The third-order valence-corrected chi connectivity index (χ3v) is 2.55. The molecule has 0 saturated carbocycles. The largest absolute Gasteiger partial charge is 0.497 e. The van der Waals surface area contributed by atoms with Crippen LogP contribution in [0.1, 0.15) is 27.2 Å². The Labute approximate surface area is 124 Å². The van der Waals surface area contributed by atoms with Gasteiger partial charge in [-0.05, 0) is 45.0 Å². The van der Waals surface area contributed by atoms with Gasteiger partial charge in [-0.3, -0.25) is 9.69 Å². The lowest BCUT2D eigenvalue weighted by Gasteiger charge is -2.27. The molecule has 0 aromatic heterocycles. The van der Waals surface area contributed by atoms with E-state index in [-0.39, 0.29) is 13.0 Å². The zero-order valence-electron chi connectivity index (χ0n) is 12.8. The number of hydrogen-bond acceptors (Lipinski definition) is 4. The highest BCUT2D eigenvalue weighted by molar-refractivity contribution is 5.88. The number of carbonyl (C=O) groups is 2. The fourth-order valence-corrected chi connectivity index (χ4v) is 1.61. The Morgan fingerprint density at radius 2 is 1.76 bits per heavy atom. The second kappa shape index (κ2) is 6.97. The second-order valence-corrected chi connectivity index (χ2v) is 5.47. The van der Waals surface area contributed by atoms with Crippen molar-refractivity contribution in [1.29, 1.82) is 0 Å². The molecule has 1 rings (SSSR count). The first-order valence-corrected chi connectivity index (χ1v) is 6.59. The van der Waals surface area contributed by atoms with Crippen LogP contribution in [0.2, 0.25) is 0 Å². The van der Waals surface area contributed by atoms with E-state index in [1.54, 1.807) is 52.1 Å². The summed E-state index contributed by atoms with van der Waals surface area (Å²) in [5.74, 6) is -0.321. The van der Waals surface area contributed by atoms with Crippen LogP contribution in [-0.2, 0) is 9.53 Å². The summed E-state index contributed by atoms with van der Waals surface area (Å²) in [7, 11) is 1.55. The fraction of sp³-hybridized carbons (Fsp3) is 0.467. The maximum atomic E-state index is 12.2. The number of carboxylic acids is 1. The summed E-state index contributed by atoms with van der Waals surface area (Å²) in [6.07, 6.45) is -0.737. The predicted molar refractivity (Wildman–Crippen MR) is 78.8 cm³/mol. The number of carbonyl (C=O) groups excluding carboxylic acids is 1. The lowest BCUT2D eigenvalue weighted by atomic mass is 10.2. The highest BCUT2D eigenvalue weighted by Gasteiger charge is 2.23. The van der Waals surface area contributed by atoms with Crippen LogP contribution < -0.4 is 9.64 Å². The third-order valence-electron chi connectivity index (χ3n) is 2.55. The summed E-state index contributed by atoms with van der Waals surface area (Å²) in [5, 5.41) is 8.81. The Morgan fingerprint density at radius 3 is 2.19 bits per heavy atom. The smallest absolute Gasteiger partial charge is 0.414 e. The Bertz CT molecular complexity index is 490. The molecule has 1 aromatic carbocycles. The summed E-state index contributed by atoms with van der Waals surface area (Å²) in [4.78, 5) is 24.3. The van der Waals surface area contributed by atoms with E-state index in [9.17, 15) is 9.59 Å². The number of amides is 1. The molecule has 0 aliphatic carbocycles. The van der Waals surface area contributed by atoms with Crippen LogP contribution in [0, 0.1) is 0 Å². The number of carboxylic acid groups (broad SMARTS) is 1. The number of hydrogen-bond donors (Lipinski definition) is 1. The molecule has 0 heterocycles. The van der Waals surface area contributed by atoms with Crippen molar-refractivity contribution in [2.75, 3.05) is 18.6 Å². The van der Waals surface area contributed by atoms with Gasteiger partial charge in [0.15, 0.2) is 0 Å². The first-order chi connectivity index (χ1) is 9.73. The minimum absolute atomic E-state index is 0.0383. The van der Waals surface area contributed by atoms with Crippen molar-refractivity contribution in [3.8, 4) is 5.75 Å². The average molecular weight is 295 g/mol. The normalized spacial score (nSPS) is 10.9. The molecule has 6 nitrogen and oxygen atoms in total. The molecule has 0 unspecified atom stereocenters. The van der Waals surface area contributed by atoms with Gasteiger partial charge in [-0.1, -0.05) is 0 Å². The van der Waals surface area contributed by atoms with Gasteiger partial charge in [0.25, 0.3) is 0 Å². The Morgan fingerprint density at radius 1 is 1.19 bits per heavy atom. The van der Waals surface area contributed by atoms with E-state index in [1.165, 1.54) is 4.90 Å². The average Bonchev–Trinajstić information content (AvgIpc) is 2.37. The van der Waals surface area contributed by atoms with Gasteiger partial charge in [-0.25, -0.2) is 4.79 Å². The van der Waals surface area contributed by atoms with Crippen LogP contribution in [-0.4, -0.2) is 36.4 Å². The molecule has 0 aliphatic rings. The van der Waals surface area contributed by atoms with Crippen molar-refractivity contribution in [3.05, 3.63) is 24.3 Å². The van der Waals surface area contributed by atoms with Crippen molar-refractivity contribution in [1.82, 2.24) is 0 Å². The summed E-state index contributed by atoms with van der Waals surface area (Å²) in [5.41, 5.74) is -0.0864. The molecule has 116 valence electrons. The van der Waals surface area contributed by atoms with E-state index in [1.807, 2.05) is 0 Å². The minimum Gasteiger partial charge on any atom is -0.497 e. The summed E-state index contributed by atoms with van der Waals surface area (Å²) >= 11 is 0. The van der Waals surface area contributed by atoms with Crippen LogP contribution in [0.15, 0.2) is 24.3 Å². The van der Waals surface area contributed by atoms with E-state index in [4.69, 9.17) is 14.6 Å². The Hall–Kier alpha value is -2.24. The lowest BCUT2D eigenvalue weighted by Crippen LogP contribution is -2.38. The van der Waals surface area contributed by atoms with Crippen molar-refractivity contribution in [3.63, 3.8) is 0 Å². The van der Waals surface area contributed by atoms with Crippen LogP contribution in [0.4, 0.5) is 10.5 Å². The summed E-state index contributed by atoms with van der Waals surface area (Å²) in [6.45, 7) is 5.31. The first-order valence-electron chi connectivity index (χ1n) is 6.59. The fourth-order valence-electron chi connectivity index (χ4n) is 1.61. The number of nitrogens with zero attached hydrogens (tertiary/aromatic N) is 1. The Kier molecular flexibility index (Phi) is 5.58. The number of anilines is 1. The molecule has 1 N–H and O–H groups in total. The number of rotatable bonds is 5. The van der Waals surface area contributed by atoms with Gasteiger partial charge in [0, 0.05) is 12.2 Å². The van der Waals surface area contributed by atoms with Crippen molar-refractivity contribution >= 4 is 17.7 Å². The van der Waals surface area contributed by atoms with Gasteiger partial charge in [0.1, 0.15) is 11.4 Å². The van der Waals surface area contributed by atoms with Crippen LogP contribution >= 0.6 is 0 Å². The lowest BCUT2D eigenvalue weighted by molar-refractivity contribution is -0.136. The van der Waals surface area contributed by atoms with Crippen molar-refractivity contribution in [2.45, 2.75) is 32.8 Å². The molecule has 0 fully saturated rings. The standard InChI is InChI=1S/C15H21NO5/c1-15(2,3)21-14(19)16(10-9-13(17)18)11-5-7-12(20-4)8-6-11/h5-8H,9-10H2,1-4H3,(H,17,18). The number of methoxy groups -OCH3 is 1. The molecular formula is C15H21NO5. The van der Waals surface area contributed by atoms with Crippen molar-refractivity contribution < 1.29 is 24.2 Å². The van der Waals surface area contributed by atoms with Crippen LogP contribution in [0.25, 0.3) is 0 Å². The van der Waals surface area contributed by atoms with Crippen molar-refractivity contribution in [2.24, 2.45) is 0 Å². The zero-order chi connectivity index (χ0) is 16.0. The minimum atomic E-state index is -0.975. The van der Waals surface area contributed by atoms with Gasteiger partial charge in [0.2, 0.25) is 0 Å². The maximum Gasteiger partial charge on any atom is 0.414 e. The molecule has 0 spiro atoms. The maximum absolute atomic E-state index is 12.2. The molecule has 1 amide bonds. The molecule has 0 bridgehead atoms. The molecular weight excluding hydrogens is 274 g/mol. The highest BCUT2D eigenvalue weighted by Crippen LogP contribution is 2.22. The molecule has 0 radical (unpaired) electrons. The predicted octanol–water partition coefficient (Wildman–Crippen LogP) is 2.91. The van der Waals surface area contributed by atoms with E-state index in [0.717, 1.165) is 0 Å². The van der Waals surface area contributed by atoms with E-state index in [2.05, 4.69) is 0 Å². The first kappa shape index (κ1) is 16.8. The molecule has 1 aromatic rings. The van der Waals surface area contributed by atoms with E-state index >= 15 is 0 Å². The number of benzene rings is 1. The van der Waals surface area contributed by atoms with Crippen LogP contribution in [0.3, 0.4) is 0 Å². The molecule has 21 heavy (non-hydrogen) atoms. The van der Waals surface area contributed by atoms with Gasteiger partial charge in [-0.15, -0.1) is 0 Å². The second-order valence-electron chi connectivity index (χ2n) is 5.47. The Balaban J connectivity index is 2.94. The van der Waals surface area contributed by atoms with E-state index in [0.29, 0.717) is 11.4 Å². The quantitative estimate of drug-likeness (QED) is 0.903. The molecule has 6 heteroatoms. The highest BCUT2D eigenvalue weighted by atomic mass is 16.6. The monoisotopic (exact) mass is 295 g/mol. The third kappa shape index (κ3) is 5.72. The van der Waals surface area contributed by atoms with Gasteiger partial charge >= 0.3 is 12.1 Å². The SMILES string of the molecule is COc1ccc(N(CCC(=O)O)C(=O)OC(C)(C)C)cc1. The van der Waals surface area contributed by atoms with Gasteiger partial charge < -0.3 is 14.6 Å².